The minimum atomic E-state index is -1.07. The number of carbonyl (C=O) groups excluding carboxylic acids is 1. The largest absolute Gasteiger partial charge is 0.480 e. The molecule has 0 saturated heterocycles. The summed E-state index contributed by atoms with van der Waals surface area (Å²) in [6.45, 7) is 1.78. The number of amides is 1. The van der Waals surface area contributed by atoms with E-state index >= 15 is 0 Å². The molecule has 2 aromatic carbocycles. The first kappa shape index (κ1) is 36.2. The smallest absolute Gasteiger partial charge is 0.326 e. The van der Waals surface area contributed by atoms with Crippen LogP contribution in [0.1, 0.15) is 30.0 Å². The predicted molar refractivity (Wildman–Crippen MR) is 129 cm³/mol. The van der Waals surface area contributed by atoms with Crippen LogP contribution in [0.15, 0.2) is 54.6 Å². The van der Waals surface area contributed by atoms with Gasteiger partial charge in [0, 0.05) is 13.0 Å². The van der Waals surface area contributed by atoms with Crippen LogP contribution in [0, 0.1) is 0 Å². The highest BCUT2D eigenvalue weighted by Gasteiger charge is 2.37. The zero-order valence-electron chi connectivity index (χ0n) is 19.3. The average molecular weight is 501 g/mol. The van der Waals surface area contributed by atoms with Crippen molar-refractivity contribution in [2.45, 2.75) is 50.9 Å². The van der Waals surface area contributed by atoms with Crippen LogP contribution >= 0.6 is 0 Å². The van der Waals surface area contributed by atoms with Gasteiger partial charge in [0.05, 0.1) is 6.04 Å². The van der Waals surface area contributed by atoms with E-state index in [1.165, 1.54) is 4.90 Å². The molecule has 0 unspecified atom stereocenters. The summed E-state index contributed by atoms with van der Waals surface area (Å²) in [6.07, 6.45) is 1.11. The van der Waals surface area contributed by atoms with E-state index in [4.69, 9.17) is 0 Å². The van der Waals surface area contributed by atoms with Crippen LogP contribution in [0.4, 0.5) is 0 Å². The van der Waals surface area contributed by atoms with Gasteiger partial charge in [0.25, 0.3) is 0 Å². The minimum Gasteiger partial charge on any atom is -0.480 e. The second kappa shape index (κ2) is 16.3. The molecule has 1 aliphatic heterocycles. The number of hydrogen-bond donors (Lipinski definition) is 3. The predicted octanol–water partition coefficient (Wildman–Crippen LogP) is -2.03. The highest BCUT2D eigenvalue weighted by molar-refractivity contribution is 5.88. The Kier molecular flexibility index (Phi) is 16.8. The van der Waals surface area contributed by atoms with Gasteiger partial charge >= 0.3 is 11.9 Å². The van der Waals surface area contributed by atoms with Crippen LogP contribution in [0.5, 0.6) is 0 Å². The maximum absolute atomic E-state index is 13.1. The van der Waals surface area contributed by atoms with Gasteiger partial charge in [-0.05, 0) is 36.5 Å². The molecule has 0 aliphatic carbocycles. The molecule has 0 radical (unpaired) electrons. The van der Waals surface area contributed by atoms with Gasteiger partial charge in [-0.3, -0.25) is 14.9 Å². The third kappa shape index (κ3) is 9.05. The van der Waals surface area contributed by atoms with Crippen LogP contribution in [-0.2, 0) is 33.8 Å². The number of nitrogens with zero attached hydrogens (tertiary/aromatic N) is 1. The van der Waals surface area contributed by atoms with E-state index < -0.39 is 36.0 Å². The van der Waals surface area contributed by atoms with Gasteiger partial charge in [-0.1, -0.05) is 54.6 Å². The number of aryl methyl sites for hydroxylation is 1. The molecule has 1 amide bonds. The lowest BCUT2D eigenvalue weighted by molar-refractivity contribution is -0.152. The molecule has 12 heteroatoms. The minimum absolute atomic E-state index is 0. The summed E-state index contributed by atoms with van der Waals surface area (Å²) in [7, 11) is 0. The molecule has 0 bridgehead atoms. The average Bonchev–Trinajstić information content (AvgIpc) is 2.75. The van der Waals surface area contributed by atoms with Crippen molar-refractivity contribution < 1.29 is 52.0 Å². The van der Waals surface area contributed by atoms with E-state index in [0.29, 0.717) is 12.8 Å². The molecule has 0 spiro atoms. The van der Waals surface area contributed by atoms with Gasteiger partial charge in [-0.25, -0.2) is 4.79 Å². The molecule has 12 nitrogen and oxygen atoms in total. The van der Waals surface area contributed by atoms with E-state index in [2.05, 4.69) is 5.32 Å². The third-order valence-corrected chi connectivity index (χ3v) is 5.50. The number of nitrogens with one attached hydrogen (secondary N) is 1. The summed E-state index contributed by atoms with van der Waals surface area (Å²) in [5.41, 5.74) is 2.85. The second-order valence-electron chi connectivity index (χ2n) is 7.60. The van der Waals surface area contributed by atoms with E-state index in [9.17, 15) is 24.6 Å². The Labute approximate surface area is 202 Å². The maximum atomic E-state index is 13.1. The lowest BCUT2D eigenvalue weighted by Crippen LogP contribution is -2.56. The van der Waals surface area contributed by atoms with Gasteiger partial charge in [0.15, 0.2) is 0 Å². The van der Waals surface area contributed by atoms with Crippen LogP contribution < -0.4 is 5.32 Å². The zero-order valence-corrected chi connectivity index (χ0v) is 19.3. The number of carboxylic acids is 2. The molecular formula is C23H36N2O10. The van der Waals surface area contributed by atoms with Crippen LogP contribution in [0.25, 0.3) is 0 Å². The number of carbonyl (C=O) groups is 3. The van der Waals surface area contributed by atoms with Crippen molar-refractivity contribution in [3.05, 3.63) is 71.3 Å². The Hall–Kier alpha value is -3.39. The number of fused-ring (bicyclic) bond motifs is 1. The Morgan fingerprint density at radius 3 is 2.00 bits per heavy atom. The summed E-state index contributed by atoms with van der Waals surface area (Å²) in [5, 5.41) is 22.1. The number of rotatable bonds is 8. The molecular weight excluding hydrogens is 464 g/mol. The molecule has 2 aromatic rings. The first-order valence-electron chi connectivity index (χ1n) is 9.99. The van der Waals surface area contributed by atoms with Crippen LogP contribution in [0.2, 0.25) is 0 Å². The molecule has 0 fully saturated rings. The zero-order chi connectivity index (χ0) is 21.7. The number of aliphatic carboxylic acids is 2. The fourth-order valence-corrected chi connectivity index (χ4v) is 3.83. The molecule has 3 atom stereocenters. The summed E-state index contributed by atoms with van der Waals surface area (Å²) in [4.78, 5) is 37.9. The number of hydrogen-bond acceptors (Lipinski definition) is 4. The summed E-state index contributed by atoms with van der Waals surface area (Å²) in [5.74, 6) is -2.52. The lowest BCUT2D eigenvalue weighted by atomic mass is 9.93. The van der Waals surface area contributed by atoms with Crippen molar-refractivity contribution in [1.29, 1.82) is 0 Å². The third-order valence-electron chi connectivity index (χ3n) is 5.50. The van der Waals surface area contributed by atoms with Gasteiger partial charge < -0.3 is 42.5 Å². The Balaban J connectivity index is -0.00000205. The molecule has 1 aliphatic rings. The SMILES string of the molecule is C[C@H](N[C@@H](CCc1ccccc1)C(=O)O)C(=O)N1Cc2ccccc2C[C@H]1C(=O)O.O.O.O.O.O. The molecule has 3 rings (SSSR count). The van der Waals surface area contributed by atoms with Gasteiger partial charge in [0.1, 0.15) is 12.1 Å². The summed E-state index contributed by atoms with van der Waals surface area (Å²) < 4.78 is 0. The van der Waals surface area contributed by atoms with Gasteiger partial charge in [-0.2, -0.15) is 0 Å². The molecule has 198 valence electrons. The molecule has 0 aromatic heterocycles. The molecule has 0 saturated carbocycles. The lowest BCUT2D eigenvalue weighted by Gasteiger charge is -2.36. The van der Waals surface area contributed by atoms with Crippen molar-refractivity contribution in [2.75, 3.05) is 0 Å². The normalized spacial score (nSPS) is 15.1. The van der Waals surface area contributed by atoms with Crippen molar-refractivity contribution in [3.8, 4) is 0 Å². The van der Waals surface area contributed by atoms with E-state index in [-0.39, 0.29) is 40.3 Å². The first-order valence-corrected chi connectivity index (χ1v) is 9.99. The van der Waals surface area contributed by atoms with Crippen molar-refractivity contribution >= 4 is 17.8 Å². The van der Waals surface area contributed by atoms with Crippen molar-refractivity contribution in [2.24, 2.45) is 0 Å². The van der Waals surface area contributed by atoms with E-state index in [0.717, 1.165) is 16.7 Å². The second-order valence-corrected chi connectivity index (χ2v) is 7.60. The quantitative estimate of drug-likeness (QED) is 0.367. The Morgan fingerprint density at radius 1 is 0.914 bits per heavy atom. The molecule has 35 heavy (non-hydrogen) atoms. The molecule has 13 N–H and O–H groups in total. The van der Waals surface area contributed by atoms with E-state index in [1.54, 1.807) is 6.92 Å². The Bertz CT molecular complexity index is 926. The topological polar surface area (TPSA) is 264 Å². The van der Waals surface area contributed by atoms with Gasteiger partial charge in [0.2, 0.25) is 5.91 Å². The van der Waals surface area contributed by atoms with Crippen LogP contribution in [0.3, 0.4) is 0 Å². The fraction of sp³-hybridized carbons (Fsp3) is 0.348. The fourth-order valence-electron chi connectivity index (χ4n) is 3.83. The maximum Gasteiger partial charge on any atom is 0.326 e. The standard InChI is InChI=1S/C23H26N2O5.5H2O/c1-15(24-19(22(27)28)12-11-16-7-3-2-4-8-16)21(26)25-14-18-10-6-5-9-17(18)13-20(25)23(29)30;;;;;/h2-10,15,19-20,24H,11-14H2,1H3,(H,27,28)(H,29,30);5*1H2/t15-,19-,20-;;;;;/m0...../s1. The monoisotopic (exact) mass is 500 g/mol. The highest BCUT2D eigenvalue weighted by Crippen LogP contribution is 2.24. The first-order chi connectivity index (χ1) is 14.4. The number of benzene rings is 2. The molecule has 1 heterocycles. The Morgan fingerprint density at radius 2 is 1.46 bits per heavy atom. The van der Waals surface area contributed by atoms with Crippen molar-refractivity contribution in [1.82, 2.24) is 10.2 Å². The summed E-state index contributed by atoms with van der Waals surface area (Å²) >= 11 is 0. The highest BCUT2D eigenvalue weighted by atomic mass is 16.4. The van der Waals surface area contributed by atoms with Gasteiger partial charge in [-0.15, -0.1) is 0 Å². The van der Waals surface area contributed by atoms with Crippen molar-refractivity contribution in [3.63, 3.8) is 0 Å². The summed E-state index contributed by atoms with van der Waals surface area (Å²) in [6, 6.07) is 14.3. The van der Waals surface area contributed by atoms with E-state index in [1.807, 2.05) is 54.6 Å². The van der Waals surface area contributed by atoms with Crippen LogP contribution in [-0.4, -0.2) is 78.5 Å². The number of carboxylic acid groups (broad SMARTS) is 2.